The van der Waals surface area contributed by atoms with Crippen molar-refractivity contribution in [2.45, 2.75) is 71.1 Å². The Morgan fingerprint density at radius 1 is 0.338 bits per heavy atom. The van der Waals surface area contributed by atoms with Gasteiger partial charge in [0.2, 0.25) is 0 Å². The fourth-order valence-electron chi connectivity index (χ4n) is 6.04. The molecule has 1 rings (SSSR count). The highest BCUT2D eigenvalue weighted by molar-refractivity contribution is 6.17. The number of ether oxygens (including phenoxy) is 17. The number of unbranched alkanes of at least 4 members (excludes halogenated alkanes) is 9. The van der Waals surface area contributed by atoms with Crippen molar-refractivity contribution in [3.05, 3.63) is 35.4 Å². The third kappa shape index (κ3) is 46.7. The number of carbonyl (C=O) groups excluding carboxylic acids is 2. The lowest BCUT2D eigenvalue weighted by Gasteiger charge is -2.11. The van der Waals surface area contributed by atoms with E-state index in [4.69, 9.17) is 80.5 Å². The van der Waals surface area contributed by atoms with E-state index in [1.165, 1.54) is 57.4 Å². The topological polar surface area (TPSA) is 191 Å². The number of benzene rings is 1. The van der Waals surface area contributed by atoms with Crippen molar-refractivity contribution in [2.75, 3.05) is 206 Å². The molecule has 19 nitrogen and oxygen atoms in total. The molecular formula is C52H92O19. The van der Waals surface area contributed by atoms with Crippen LogP contribution in [-0.4, -0.2) is 218 Å². The van der Waals surface area contributed by atoms with Crippen LogP contribution in [0.15, 0.2) is 29.8 Å². The smallest absolute Gasteiger partial charge is 0.345 e. The molecule has 0 aromatic heterocycles. The largest absolute Gasteiger partial charge is 0.494 e. The fourth-order valence-corrected chi connectivity index (χ4v) is 6.04. The molecule has 0 saturated carbocycles. The zero-order valence-corrected chi connectivity index (χ0v) is 43.7. The highest BCUT2D eigenvalue weighted by atomic mass is 16.6. The number of hydrogen-bond acceptors (Lipinski definition) is 19. The van der Waals surface area contributed by atoms with Gasteiger partial charge in [0.25, 0.3) is 0 Å². The lowest BCUT2D eigenvalue weighted by molar-refractivity contribution is -0.148. The van der Waals surface area contributed by atoms with Crippen molar-refractivity contribution in [1.82, 2.24) is 0 Å². The summed E-state index contributed by atoms with van der Waals surface area (Å²) in [7, 11) is 3.27. The first-order chi connectivity index (χ1) is 35.1. The predicted molar refractivity (Wildman–Crippen MR) is 267 cm³/mol. The molecule has 0 atom stereocenters. The van der Waals surface area contributed by atoms with Crippen molar-refractivity contribution in [3.63, 3.8) is 0 Å². The minimum atomic E-state index is -0.833. The van der Waals surface area contributed by atoms with Crippen LogP contribution in [0.1, 0.15) is 76.7 Å². The SMILES string of the molecule is CCCCCCCCCCCCOc1ccc(C=C(C(=O)OCCOCCOCCOCCOCCOCCOCCOC)C(=O)OCCOCCOCCOCCOCCOCCOCCOC)cc1. The predicted octanol–water partition coefficient (Wildman–Crippen LogP) is 5.95. The van der Waals surface area contributed by atoms with Crippen molar-refractivity contribution in [3.8, 4) is 5.75 Å². The minimum absolute atomic E-state index is 0.0735. The molecule has 0 unspecified atom stereocenters. The van der Waals surface area contributed by atoms with Gasteiger partial charge < -0.3 is 80.5 Å². The molecule has 71 heavy (non-hydrogen) atoms. The zero-order valence-electron chi connectivity index (χ0n) is 43.7. The molecular weight excluding hydrogens is 929 g/mol. The van der Waals surface area contributed by atoms with Crippen LogP contribution in [0.4, 0.5) is 0 Å². The summed E-state index contributed by atoms with van der Waals surface area (Å²) in [5.41, 5.74) is 0.351. The van der Waals surface area contributed by atoms with Crippen LogP contribution >= 0.6 is 0 Å². The van der Waals surface area contributed by atoms with Crippen molar-refractivity contribution < 1.29 is 90.1 Å². The molecule has 19 heteroatoms. The zero-order chi connectivity index (χ0) is 51.0. The maximum Gasteiger partial charge on any atom is 0.345 e. The average molecular weight is 1020 g/mol. The molecule has 0 aliphatic carbocycles. The van der Waals surface area contributed by atoms with Crippen LogP contribution in [0, 0.1) is 0 Å². The van der Waals surface area contributed by atoms with E-state index in [1.807, 2.05) is 12.1 Å². The van der Waals surface area contributed by atoms with Gasteiger partial charge in [-0.25, -0.2) is 9.59 Å². The van der Waals surface area contributed by atoms with Gasteiger partial charge in [0.15, 0.2) is 0 Å². The monoisotopic (exact) mass is 1020 g/mol. The Morgan fingerprint density at radius 2 is 0.606 bits per heavy atom. The number of methoxy groups -OCH3 is 2. The second kappa shape index (κ2) is 54.9. The van der Waals surface area contributed by atoms with Gasteiger partial charge in [-0.2, -0.15) is 0 Å². The molecule has 414 valence electrons. The van der Waals surface area contributed by atoms with Gasteiger partial charge in [0.1, 0.15) is 24.5 Å². The normalized spacial score (nSPS) is 11.3. The molecule has 0 aliphatic heterocycles. The van der Waals surface area contributed by atoms with E-state index in [0.717, 1.165) is 12.8 Å². The van der Waals surface area contributed by atoms with E-state index in [-0.39, 0.29) is 45.2 Å². The molecule has 0 fully saturated rings. The van der Waals surface area contributed by atoms with Crippen LogP contribution in [0.3, 0.4) is 0 Å². The van der Waals surface area contributed by atoms with Gasteiger partial charge in [0, 0.05) is 14.2 Å². The van der Waals surface area contributed by atoms with Crippen LogP contribution in [0.5, 0.6) is 5.75 Å². The lowest BCUT2D eigenvalue weighted by atomic mass is 10.1. The summed E-state index contributed by atoms with van der Waals surface area (Å²) in [4.78, 5) is 26.4. The van der Waals surface area contributed by atoms with Crippen molar-refractivity contribution in [2.24, 2.45) is 0 Å². The third-order valence-corrected chi connectivity index (χ3v) is 9.90. The number of hydrogen-bond donors (Lipinski definition) is 0. The molecule has 1 aromatic carbocycles. The second-order valence-electron chi connectivity index (χ2n) is 15.8. The maximum atomic E-state index is 13.2. The summed E-state index contributed by atoms with van der Waals surface area (Å²) >= 11 is 0. The Labute approximate surface area is 425 Å². The van der Waals surface area contributed by atoms with E-state index < -0.39 is 11.9 Å². The Morgan fingerprint density at radius 3 is 0.901 bits per heavy atom. The summed E-state index contributed by atoms with van der Waals surface area (Å²) < 4.78 is 92.3. The molecule has 0 amide bonds. The van der Waals surface area contributed by atoms with Gasteiger partial charge in [-0.1, -0.05) is 76.8 Å². The first-order valence-electron chi connectivity index (χ1n) is 25.8. The molecule has 0 N–H and O–H groups in total. The van der Waals surface area contributed by atoms with Gasteiger partial charge in [-0.05, 0) is 30.2 Å². The fraction of sp³-hybridized carbons (Fsp3) is 0.808. The third-order valence-electron chi connectivity index (χ3n) is 9.90. The number of rotatable bonds is 57. The molecule has 0 saturated heterocycles. The summed E-state index contributed by atoms with van der Waals surface area (Å²) in [6.07, 6.45) is 14.0. The molecule has 0 bridgehead atoms. The van der Waals surface area contributed by atoms with E-state index >= 15 is 0 Å². The summed E-state index contributed by atoms with van der Waals surface area (Å²) in [6, 6.07) is 7.19. The Kier molecular flexibility index (Phi) is 51.2. The molecule has 0 spiro atoms. The molecule has 0 heterocycles. The van der Waals surface area contributed by atoms with E-state index in [2.05, 4.69) is 6.92 Å². The van der Waals surface area contributed by atoms with Crippen molar-refractivity contribution in [1.29, 1.82) is 0 Å². The summed E-state index contributed by atoms with van der Waals surface area (Å²) in [5, 5.41) is 0. The Hall–Kier alpha value is -2.86. The standard InChI is InChI=1S/C52H92O19/c1-4-5-6-7-8-9-10-11-12-13-18-69-49-16-14-48(15-17-49)47-50(51(53)70-45-43-67-41-39-65-37-35-63-33-31-61-29-27-59-25-23-57-21-19-55-2)52(54)71-46-44-68-42-40-66-38-36-64-34-32-62-30-28-60-26-24-58-22-20-56-3/h14-17,47H,4-13,18-46H2,1-3H3. The van der Waals surface area contributed by atoms with Crippen LogP contribution in [0.25, 0.3) is 6.08 Å². The first kappa shape index (κ1) is 66.2. The van der Waals surface area contributed by atoms with Gasteiger partial charge >= 0.3 is 11.9 Å². The lowest BCUT2D eigenvalue weighted by Crippen LogP contribution is -2.22. The molecule has 0 radical (unpaired) electrons. The van der Waals surface area contributed by atoms with E-state index in [1.54, 1.807) is 26.4 Å². The quantitative estimate of drug-likeness (QED) is 0.0244. The van der Waals surface area contributed by atoms with Gasteiger partial charge in [-0.15, -0.1) is 0 Å². The first-order valence-corrected chi connectivity index (χ1v) is 25.8. The second-order valence-corrected chi connectivity index (χ2v) is 15.8. The highest BCUT2D eigenvalue weighted by Crippen LogP contribution is 2.17. The summed E-state index contributed by atoms with van der Waals surface area (Å²) in [6.45, 7) is 13.8. The van der Waals surface area contributed by atoms with Crippen LogP contribution < -0.4 is 4.74 Å². The number of esters is 2. The van der Waals surface area contributed by atoms with Crippen molar-refractivity contribution >= 4 is 18.0 Å². The average Bonchev–Trinajstić information content (AvgIpc) is 3.38. The minimum Gasteiger partial charge on any atom is -0.494 e. The summed E-state index contributed by atoms with van der Waals surface area (Å²) in [5.74, 6) is -0.951. The molecule has 0 aliphatic rings. The van der Waals surface area contributed by atoms with Crippen LogP contribution in [-0.2, 0) is 85.4 Å². The Balaban J connectivity index is 2.34. The Bertz CT molecular complexity index is 1240. The van der Waals surface area contributed by atoms with E-state index in [0.29, 0.717) is 163 Å². The molecule has 1 aromatic rings. The van der Waals surface area contributed by atoms with E-state index in [9.17, 15) is 9.59 Å². The number of carbonyl (C=O) groups is 2. The van der Waals surface area contributed by atoms with Gasteiger partial charge in [-0.3, -0.25) is 0 Å². The van der Waals surface area contributed by atoms with Gasteiger partial charge in [0.05, 0.1) is 178 Å². The van der Waals surface area contributed by atoms with Crippen LogP contribution in [0.2, 0.25) is 0 Å². The highest BCUT2D eigenvalue weighted by Gasteiger charge is 2.22. The maximum absolute atomic E-state index is 13.2.